The monoisotopic (exact) mass is 474 g/mol. The van der Waals surface area contributed by atoms with Crippen molar-refractivity contribution < 1.29 is 14.3 Å². The van der Waals surface area contributed by atoms with Crippen LogP contribution in [0.3, 0.4) is 0 Å². The van der Waals surface area contributed by atoms with E-state index >= 15 is 0 Å². The van der Waals surface area contributed by atoms with Crippen molar-refractivity contribution in [3.63, 3.8) is 0 Å². The van der Waals surface area contributed by atoms with Crippen LogP contribution >= 0.6 is 15.9 Å². The van der Waals surface area contributed by atoms with Gasteiger partial charge in [-0.3, -0.25) is 9.59 Å². The van der Waals surface area contributed by atoms with E-state index in [2.05, 4.69) is 35.1 Å². The van der Waals surface area contributed by atoms with Crippen LogP contribution < -0.4 is 10.1 Å². The smallest absolute Gasteiger partial charge is 0.261 e. The summed E-state index contributed by atoms with van der Waals surface area (Å²) in [5.74, 6) is 0.645. The predicted octanol–water partition coefficient (Wildman–Crippen LogP) is 4.89. The molecule has 0 fully saturated rings. The first-order valence-electron chi connectivity index (χ1n) is 10.2. The van der Waals surface area contributed by atoms with Crippen molar-refractivity contribution >= 4 is 27.7 Å². The predicted molar refractivity (Wildman–Crippen MR) is 123 cm³/mol. The largest absolute Gasteiger partial charge is 0.484 e. The quantitative estimate of drug-likeness (QED) is 0.562. The fourth-order valence-corrected chi connectivity index (χ4v) is 3.22. The fraction of sp³-hybridized carbons (Fsp3) is 0.417. The third kappa shape index (κ3) is 7.17. The number of carbonyl (C=O) groups excluding carboxylic acids is 2. The molecule has 5 nitrogen and oxygen atoms in total. The van der Waals surface area contributed by atoms with Gasteiger partial charge in [-0.15, -0.1) is 0 Å². The number of amides is 2. The summed E-state index contributed by atoms with van der Waals surface area (Å²) in [7, 11) is 0. The molecule has 1 N–H and O–H groups in total. The Balaban J connectivity index is 2.11. The zero-order valence-electron chi connectivity index (χ0n) is 18.3. The van der Waals surface area contributed by atoms with Crippen molar-refractivity contribution in [1.82, 2.24) is 10.2 Å². The first kappa shape index (κ1) is 23.9. The minimum absolute atomic E-state index is 0.000282. The van der Waals surface area contributed by atoms with Gasteiger partial charge in [-0.25, -0.2) is 0 Å². The normalized spacial score (nSPS) is 12.0. The summed E-state index contributed by atoms with van der Waals surface area (Å²) >= 11 is 3.42. The third-order valence-electron chi connectivity index (χ3n) is 4.77. The standard InChI is InChI=1S/C24H31BrN2O3/c1-16(2)20-8-12-22(13-9-20)30-15-23(28)27(18(5)24(29)26-17(3)4)14-19-6-10-21(25)11-7-19/h6-13,16-18H,14-15H2,1-5H3,(H,26,29). The number of ether oxygens (including phenoxy) is 1. The Bertz CT molecular complexity index is 833. The van der Waals surface area contributed by atoms with Crippen LogP contribution in [0.5, 0.6) is 5.75 Å². The summed E-state index contributed by atoms with van der Waals surface area (Å²) < 4.78 is 6.68. The molecular formula is C24H31BrN2O3. The molecule has 0 aromatic heterocycles. The Kier molecular flexibility index (Phi) is 8.90. The number of halogens is 1. The van der Waals surface area contributed by atoms with Gasteiger partial charge in [0.25, 0.3) is 5.91 Å². The van der Waals surface area contributed by atoms with E-state index < -0.39 is 6.04 Å². The molecule has 0 heterocycles. The Morgan fingerprint density at radius 1 is 0.967 bits per heavy atom. The molecule has 0 radical (unpaired) electrons. The lowest BCUT2D eigenvalue weighted by molar-refractivity contribution is -0.142. The summed E-state index contributed by atoms with van der Waals surface area (Å²) in [5.41, 5.74) is 2.15. The van der Waals surface area contributed by atoms with E-state index in [0.29, 0.717) is 18.2 Å². The second-order valence-electron chi connectivity index (χ2n) is 8.00. The molecular weight excluding hydrogens is 444 g/mol. The molecule has 0 saturated heterocycles. The second kappa shape index (κ2) is 11.2. The summed E-state index contributed by atoms with van der Waals surface area (Å²) in [4.78, 5) is 27.1. The van der Waals surface area contributed by atoms with E-state index in [0.717, 1.165) is 10.0 Å². The number of carbonyl (C=O) groups is 2. The van der Waals surface area contributed by atoms with Crippen LogP contribution in [0.4, 0.5) is 0 Å². The topological polar surface area (TPSA) is 58.6 Å². The maximum Gasteiger partial charge on any atom is 0.261 e. The molecule has 0 bridgehead atoms. The molecule has 6 heteroatoms. The number of rotatable bonds is 9. The number of nitrogens with zero attached hydrogens (tertiary/aromatic N) is 1. The van der Waals surface area contributed by atoms with E-state index in [1.54, 1.807) is 11.8 Å². The summed E-state index contributed by atoms with van der Waals surface area (Å²) in [5, 5.41) is 2.88. The van der Waals surface area contributed by atoms with Crippen LogP contribution in [0.2, 0.25) is 0 Å². The van der Waals surface area contributed by atoms with E-state index in [1.165, 1.54) is 5.56 Å². The minimum atomic E-state index is -0.615. The molecule has 1 unspecified atom stereocenters. The summed E-state index contributed by atoms with van der Waals surface area (Å²) in [6, 6.07) is 14.8. The molecule has 162 valence electrons. The lowest BCUT2D eigenvalue weighted by atomic mass is 10.0. The molecule has 0 aliphatic carbocycles. The third-order valence-corrected chi connectivity index (χ3v) is 5.30. The van der Waals surface area contributed by atoms with E-state index in [9.17, 15) is 9.59 Å². The molecule has 0 spiro atoms. The lowest BCUT2D eigenvalue weighted by Gasteiger charge is -2.29. The van der Waals surface area contributed by atoms with Crippen molar-refractivity contribution in [2.24, 2.45) is 0 Å². The molecule has 0 aliphatic heterocycles. The maximum atomic E-state index is 13.0. The van der Waals surface area contributed by atoms with Gasteiger partial charge in [0.2, 0.25) is 5.91 Å². The first-order valence-corrected chi connectivity index (χ1v) is 11.0. The molecule has 2 aromatic carbocycles. The Morgan fingerprint density at radius 2 is 1.57 bits per heavy atom. The summed E-state index contributed by atoms with van der Waals surface area (Å²) in [6.45, 7) is 9.99. The van der Waals surface area contributed by atoms with Crippen molar-refractivity contribution in [2.75, 3.05) is 6.61 Å². The minimum Gasteiger partial charge on any atom is -0.484 e. The highest BCUT2D eigenvalue weighted by molar-refractivity contribution is 9.10. The van der Waals surface area contributed by atoms with Crippen LogP contribution in [0.1, 0.15) is 51.7 Å². The fourth-order valence-electron chi connectivity index (χ4n) is 2.95. The van der Waals surface area contributed by atoms with Crippen molar-refractivity contribution in [3.05, 3.63) is 64.1 Å². The SMILES string of the molecule is CC(C)NC(=O)C(C)N(Cc1ccc(Br)cc1)C(=O)COc1ccc(C(C)C)cc1. The molecule has 0 aliphatic rings. The maximum absolute atomic E-state index is 13.0. The molecule has 2 aromatic rings. The summed E-state index contributed by atoms with van der Waals surface area (Å²) in [6.07, 6.45) is 0. The molecule has 2 rings (SSSR count). The second-order valence-corrected chi connectivity index (χ2v) is 8.92. The highest BCUT2D eigenvalue weighted by Crippen LogP contribution is 2.19. The van der Waals surface area contributed by atoms with E-state index in [-0.39, 0.29) is 24.5 Å². The molecule has 0 saturated carbocycles. The number of hydrogen-bond donors (Lipinski definition) is 1. The van der Waals surface area contributed by atoms with Crippen molar-refractivity contribution in [3.8, 4) is 5.75 Å². The number of hydrogen-bond acceptors (Lipinski definition) is 3. The van der Waals surface area contributed by atoms with Gasteiger partial charge in [0.1, 0.15) is 11.8 Å². The average Bonchev–Trinajstić information content (AvgIpc) is 2.70. The van der Waals surface area contributed by atoms with Crippen LogP contribution in [0.15, 0.2) is 53.0 Å². The van der Waals surface area contributed by atoms with Crippen LogP contribution in [0, 0.1) is 0 Å². The van der Waals surface area contributed by atoms with Gasteiger partial charge in [-0.2, -0.15) is 0 Å². The molecule has 30 heavy (non-hydrogen) atoms. The van der Waals surface area contributed by atoms with Crippen molar-refractivity contribution in [1.29, 1.82) is 0 Å². The Hall–Kier alpha value is -2.34. The molecule has 1 atom stereocenters. The van der Waals surface area contributed by atoms with Gasteiger partial charge < -0.3 is 15.0 Å². The van der Waals surface area contributed by atoms with Gasteiger partial charge in [-0.1, -0.05) is 54.0 Å². The highest BCUT2D eigenvalue weighted by atomic mass is 79.9. The van der Waals surface area contributed by atoms with Crippen LogP contribution in [-0.4, -0.2) is 35.4 Å². The zero-order valence-corrected chi connectivity index (χ0v) is 19.9. The Morgan fingerprint density at radius 3 is 2.10 bits per heavy atom. The van der Waals surface area contributed by atoms with Crippen molar-refractivity contribution in [2.45, 2.75) is 59.2 Å². The van der Waals surface area contributed by atoms with Crippen LogP contribution in [-0.2, 0) is 16.1 Å². The van der Waals surface area contributed by atoms with E-state index in [4.69, 9.17) is 4.74 Å². The number of benzene rings is 2. The van der Waals surface area contributed by atoms with Gasteiger partial charge in [0.15, 0.2) is 6.61 Å². The van der Waals surface area contributed by atoms with Gasteiger partial charge in [0, 0.05) is 17.1 Å². The Labute approximate surface area is 187 Å². The van der Waals surface area contributed by atoms with Gasteiger partial charge in [0.05, 0.1) is 0 Å². The van der Waals surface area contributed by atoms with Gasteiger partial charge in [-0.05, 0) is 62.1 Å². The highest BCUT2D eigenvalue weighted by Gasteiger charge is 2.26. The van der Waals surface area contributed by atoms with E-state index in [1.807, 2.05) is 62.4 Å². The number of nitrogens with one attached hydrogen (secondary N) is 1. The zero-order chi connectivity index (χ0) is 22.3. The lowest BCUT2D eigenvalue weighted by Crippen LogP contribution is -2.50. The average molecular weight is 475 g/mol. The first-order chi connectivity index (χ1) is 14.2. The molecule has 2 amide bonds. The van der Waals surface area contributed by atoms with Crippen LogP contribution in [0.25, 0.3) is 0 Å². The van der Waals surface area contributed by atoms with Gasteiger partial charge >= 0.3 is 0 Å².